The van der Waals surface area contributed by atoms with Gasteiger partial charge in [-0.15, -0.1) is 0 Å². The van der Waals surface area contributed by atoms with Crippen LogP contribution in [0, 0.1) is 5.82 Å². The van der Waals surface area contributed by atoms with Crippen molar-refractivity contribution in [3.8, 4) is 5.75 Å². The molecule has 2 aromatic carbocycles. The number of benzene rings is 2. The number of pyridine rings is 2. The number of hydrogen-bond acceptors (Lipinski definition) is 7. The molecular formula is C28H22BrFN4O6. The molecule has 0 atom stereocenters. The Balaban J connectivity index is 1.61. The number of fused-ring (bicyclic) bond motifs is 2. The van der Waals surface area contributed by atoms with Crippen molar-refractivity contribution < 1.29 is 29.0 Å². The number of hydrogen-bond donors (Lipinski definition) is 3. The highest BCUT2D eigenvalue weighted by atomic mass is 79.9. The summed E-state index contributed by atoms with van der Waals surface area (Å²) in [4.78, 5) is 57.6. The van der Waals surface area contributed by atoms with Crippen LogP contribution in [0.15, 0.2) is 64.0 Å². The van der Waals surface area contributed by atoms with Crippen molar-refractivity contribution in [2.24, 2.45) is 0 Å². The van der Waals surface area contributed by atoms with Crippen LogP contribution in [0.2, 0.25) is 0 Å². The van der Waals surface area contributed by atoms with E-state index in [1.54, 1.807) is 36.4 Å². The van der Waals surface area contributed by atoms with Crippen LogP contribution in [0.3, 0.4) is 0 Å². The molecule has 1 aliphatic heterocycles. The van der Waals surface area contributed by atoms with Gasteiger partial charge < -0.3 is 20.1 Å². The maximum Gasteiger partial charge on any atom is 0.267 e. The van der Waals surface area contributed by atoms with Crippen LogP contribution in [0.1, 0.15) is 42.2 Å². The first-order chi connectivity index (χ1) is 19.2. The Bertz CT molecular complexity index is 1700. The molecule has 3 N–H and O–H groups in total. The molecule has 1 aliphatic rings. The van der Waals surface area contributed by atoms with E-state index in [2.05, 4.69) is 26.2 Å². The van der Waals surface area contributed by atoms with Crippen LogP contribution in [-0.2, 0) is 13.0 Å². The van der Waals surface area contributed by atoms with E-state index in [1.165, 1.54) is 22.9 Å². The molecule has 40 heavy (non-hydrogen) atoms. The number of nitrogens with zero attached hydrogens (tertiary/aromatic N) is 3. The molecule has 3 amide bonds. The van der Waals surface area contributed by atoms with Gasteiger partial charge in [0.05, 0.1) is 23.3 Å². The normalized spacial score (nSPS) is 12.7. The first-order valence-corrected chi connectivity index (χ1v) is 13.0. The highest BCUT2D eigenvalue weighted by molar-refractivity contribution is 9.10. The van der Waals surface area contributed by atoms with Crippen LogP contribution >= 0.6 is 15.9 Å². The van der Waals surface area contributed by atoms with Crippen molar-refractivity contribution >= 4 is 44.7 Å². The summed E-state index contributed by atoms with van der Waals surface area (Å²) in [6, 6.07) is 12.2. The summed E-state index contributed by atoms with van der Waals surface area (Å²) in [7, 11) is 0. The Labute approximate surface area is 234 Å². The molecule has 4 aromatic rings. The predicted octanol–water partition coefficient (Wildman–Crippen LogP) is 2.61. The zero-order valence-electron chi connectivity index (χ0n) is 20.9. The fourth-order valence-corrected chi connectivity index (χ4v) is 5.30. The van der Waals surface area contributed by atoms with Gasteiger partial charge in [0.25, 0.3) is 23.3 Å². The van der Waals surface area contributed by atoms with E-state index in [1.807, 2.05) is 0 Å². The minimum Gasteiger partial charge on any atom is -0.505 e. The Hall–Kier alpha value is -4.42. The highest BCUT2D eigenvalue weighted by Crippen LogP contribution is 2.33. The van der Waals surface area contributed by atoms with Gasteiger partial charge in [-0.1, -0.05) is 24.3 Å². The second kappa shape index (κ2) is 11.0. The van der Waals surface area contributed by atoms with Crippen LogP contribution in [0.25, 0.3) is 11.0 Å². The highest BCUT2D eigenvalue weighted by Gasteiger charge is 2.35. The monoisotopic (exact) mass is 608 g/mol. The smallest absolute Gasteiger partial charge is 0.267 e. The van der Waals surface area contributed by atoms with Crippen molar-refractivity contribution in [1.29, 1.82) is 0 Å². The maximum atomic E-state index is 13.7. The summed E-state index contributed by atoms with van der Waals surface area (Å²) in [6.07, 6.45) is 1.76. The number of aromatic nitrogens is 2. The second-order valence-corrected chi connectivity index (χ2v) is 9.86. The van der Waals surface area contributed by atoms with Gasteiger partial charge in [-0.05, 0) is 51.3 Å². The lowest BCUT2D eigenvalue weighted by Gasteiger charge is -2.19. The third-order valence-electron chi connectivity index (χ3n) is 6.61. The summed E-state index contributed by atoms with van der Waals surface area (Å²) in [5.41, 5.74) is 0.487. The number of rotatable bonds is 8. The van der Waals surface area contributed by atoms with E-state index < -0.39 is 40.4 Å². The number of nitrogens with one attached hydrogen (secondary N) is 1. The molecule has 0 unspecified atom stereocenters. The lowest BCUT2D eigenvalue weighted by atomic mass is 10.0. The average Bonchev–Trinajstić information content (AvgIpc) is 3.19. The number of aliphatic hydroxyl groups excluding tert-OH is 1. The fourth-order valence-electron chi connectivity index (χ4n) is 4.66. The molecule has 0 bridgehead atoms. The van der Waals surface area contributed by atoms with Gasteiger partial charge in [0.1, 0.15) is 16.9 Å². The third kappa shape index (κ3) is 4.75. The molecule has 204 valence electrons. The standard InChI is InChI=1S/C28H22BrFN4O6/c29-21-16(13-15-5-7-17(30)8-6-15)14-32-22-23(21)33(28(40)20(24(22)36)25(37)31-9-12-35)10-11-34-26(38)18-3-1-2-4-19(18)27(34)39/h1-8,14,35-36H,9-13H2,(H,31,37). The molecule has 0 spiro atoms. The number of halogens is 2. The van der Waals surface area contributed by atoms with Gasteiger partial charge in [0.2, 0.25) is 0 Å². The topological polar surface area (TPSA) is 142 Å². The summed E-state index contributed by atoms with van der Waals surface area (Å²) in [5, 5.41) is 22.4. The Morgan fingerprint density at radius 2 is 1.65 bits per heavy atom. The molecule has 10 nitrogen and oxygen atoms in total. The predicted molar refractivity (Wildman–Crippen MR) is 146 cm³/mol. The van der Waals surface area contributed by atoms with Crippen molar-refractivity contribution in [3.05, 3.63) is 103 Å². The van der Waals surface area contributed by atoms with E-state index in [0.29, 0.717) is 16.5 Å². The van der Waals surface area contributed by atoms with E-state index >= 15 is 0 Å². The van der Waals surface area contributed by atoms with E-state index in [0.717, 1.165) is 10.5 Å². The van der Waals surface area contributed by atoms with Gasteiger partial charge in [-0.25, -0.2) is 4.39 Å². The number of aromatic hydroxyl groups is 1. The van der Waals surface area contributed by atoms with Gasteiger partial charge in [0.15, 0.2) is 5.75 Å². The van der Waals surface area contributed by atoms with Crippen LogP contribution in [0.4, 0.5) is 4.39 Å². The molecule has 0 fully saturated rings. The van der Waals surface area contributed by atoms with Crippen LogP contribution in [-0.4, -0.2) is 62.1 Å². The number of aliphatic hydroxyl groups is 1. The molecule has 0 aliphatic carbocycles. The molecular weight excluding hydrogens is 587 g/mol. The van der Waals surface area contributed by atoms with E-state index in [-0.39, 0.29) is 48.4 Å². The molecule has 3 heterocycles. The van der Waals surface area contributed by atoms with Crippen LogP contribution in [0.5, 0.6) is 5.75 Å². The largest absolute Gasteiger partial charge is 0.505 e. The van der Waals surface area contributed by atoms with Crippen molar-refractivity contribution in [1.82, 2.24) is 19.8 Å². The minimum atomic E-state index is -0.916. The fraction of sp³-hybridized carbons (Fsp3) is 0.179. The van der Waals surface area contributed by atoms with Crippen molar-refractivity contribution in [2.45, 2.75) is 13.0 Å². The number of amides is 3. The number of imide groups is 1. The number of carbonyl (C=O) groups excluding carboxylic acids is 3. The molecule has 5 rings (SSSR count). The Kier molecular flexibility index (Phi) is 7.46. The first-order valence-electron chi connectivity index (χ1n) is 12.2. The van der Waals surface area contributed by atoms with Gasteiger partial charge in [-0.3, -0.25) is 29.1 Å². The molecule has 2 aromatic heterocycles. The SMILES string of the molecule is O=C(NCCO)c1c(O)c2ncc(Cc3ccc(F)cc3)c(Br)c2n(CCN2C(=O)c3ccccc3C2=O)c1=O. The first kappa shape index (κ1) is 27.2. The zero-order valence-corrected chi connectivity index (χ0v) is 22.4. The quantitative estimate of drug-likeness (QED) is 0.261. The summed E-state index contributed by atoms with van der Waals surface area (Å²) in [6.45, 7) is -0.941. The van der Waals surface area contributed by atoms with Gasteiger partial charge in [-0.2, -0.15) is 0 Å². The third-order valence-corrected chi connectivity index (χ3v) is 7.50. The molecule has 0 saturated heterocycles. The van der Waals surface area contributed by atoms with Gasteiger partial charge in [0, 0.05) is 36.7 Å². The van der Waals surface area contributed by atoms with Gasteiger partial charge >= 0.3 is 0 Å². The Morgan fingerprint density at radius 3 is 2.27 bits per heavy atom. The number of carbonyl (C=O) groups is 3. The van der Waals surface area contributed by atoms with Crippen molar-refractivity contribution in [3.63, 3.8) is 0 Å². The lowest BCUT2D eigenvalue weighted by molar-refractivity contribution is 0.0648. The summed E-state index contributed by atoms with van der Waals surface area (Å²) < 4.78 is 15.0. The van der Waals surface area contributed by atoms with Crippen molar-refractivity contribution in [2.75, 3.05) is 19.7 Å². The average molecular weight is 609 g/mol. The summed E-state index contributed by atoms with van der Waals surface area (Å²) >= 11 is 3.51. The molecule has 0 saturated carbocycles. The van der Waals surface area contributed by atoms with E-state index in [9.17, 15) is 28.7 Å². The molecule has 0 radical (unpaired) electrons. The second-order valence-electron chi connectivity index (χ2n) is 9.07. The van der Waals surface area contributed by atoms with Crippen LogP contribution < -0.4 is 10.9 Å². The molecule has 12 heteroatoms. The van der Waals surface area contributed by atoms with E-state index in [4.69, 9.17) is 5.11 Å². The maximum absolute atomic E-state index is 13.7. The Morgan fingerprint density at radius 1 is 1.00 bits per heavy atom. The summed E-state index contributed by atoms with van der Waals surface area (Å²) in [5.74, 6) is -2.97. The zero-order chi connectivity index (χ0) is 28.6. The lowest BCUT2D eigenvalue weighted by Crippen LogP contribution is -2.38. The minimum absolute atomic E-state index is 0.0640.